The van der Waals surface area contributed by atoms with Gasteiger partial charge in [0.1, 0.15) is 41.7 Å². The third-order valence-electron chi connectivity index (χ3n) is 8.37. The number of carbonyl (C=O) groups excluding carboxylic acids is 1. The van der Waals surface area contributed by atoms with Gasteiger partial charge in [0, 0.05) is 61.1 Å². The van der Waals surface area contributed by atoms with Crippen LogP contribution in [-0.4, -0.2) is 69.8 Å². The van der Waals surface area contributed by atoms with E-state index in [9.17, 15) is 9.18 Å². The van der Waals surface area contributed by atoms with Crippen LogP contribution in [0.3, 0.4) is 0 Å². The van der Waals surface area contributed by atoms with Gasteiger partial charge in [0.05, 0.1) is 11.6 Å². The number of nitrogens with one attached hydrogen (secondary N) is 3. The molecule has 7 rings (SSSR count). The lowest BCUT2D eigenvalue weighted by atomic mass is 9.95. The largest absolute Gasteiger partial charge is 0.489 e. The summed E-state index contributed by atoms with van der Waals surface area (Å²) in [5.74, 6) is 1.20. The number of anilines is 2. The average molecular weight is 627 g/mol. The number of nitrogens with zero attached hydrogens (tertiary/aromatic N) is 5. The van der Waals surface area contributed by atoms with E-state index in [1.807, 2.05) is 42.1 Å². The molecule has 0 saturated carbocycles. The molecule has 4 heterocycles. The van der Waals surface area contributed by atoms with Crippen molar-refractivity contribution in [3.05, 3.63) is 83.2 Å². The third-order valence-corrected chi connectivity index (χ3v) is 9.54. The number of hydrogen-bond donors (Lipinski definition) is 3. The second kappa shape index (κ2) is 12.9. The van der Waals surface area contributed by atoms with Crippen LogP contribution in [0.5, 0.6) is 5.75 Å². The number of thiophene rings is 1. The highest BCUT2D eigenvalue weighted by Crippen LogP contribution is 2.45. The molecule has 3 N–H and O–H groups in total. The van der Waals surface area contributed by atoms with Gasteiger partial charge in [-0.05, 0) is 66.8 Å². The van der Waals surface area contributed by atoms with Crippen LogP contribution >= 0.6 is 11.3 Å². The lowest BCUT2D eigenvalue weighted by Gasteiger charge is -2.27. The number of aromatic nitrogens is 4. The van der Waals surface area contributed by atoms with Gasteiger partial charge in [0.2, 0.25) is 5.91 Å². The molecule has 0 bridgehead atoms. The Hall–Kier alpha value is -4.39. The molecule has 0 unspecified atom stereocenters. The lowest BCUT2D eigenvalue weighted by molar-refractivity contribution is -0.121. The highest BCUT2D eigenvalue weighted by molar-refractivity contribution is 7.22. The molecule has 1 saturated heterocycles. The van der Waals surface area contributed by atoms with Crippen LogP contribution in [0.4, 0.5) is 15.9 Å². The first kappa shape index (κ1) is 29.3. The van der Waals surface area contributed by atoms with Crippen molar-refractivity contribution in [3.8, 4) is 16.2 Å². The summed E-state index contributed by atoms with van der Waals surface area (Å²) in [7, 11) is 0. The molecule has 232 valence electrons. The molecule has 3 aromatic heterocycles. The fourth-order valence-electron chi connectivity index (χ4n) is 6.08. The molecular weight excluding hydrogens is 591 g/mol. The number of aryl methyl sites for hydroxylation is 2. The van der Waals surface area contributed by atoms with E-state index in [4.69, 9.17) is 4.74 Å². The molecule has 10 nitrogen and oxygen atoms in total. The number of carbonyl (C=O) groups is 1. The maximum atomic E-state index is 13.5. The summed E-state index contributed by atoms with van der Waals surface area (Å²) >= 11 is 1.64. The first-order valence-corrected chi connectivity index (χ1v) is 16.1. The highest BCUT2D eigenvalue weighted by Gasteiger charge is 2.27. The van der Waals surface area contributed by atoms with E-state index in [2.05, 4.69) is 35.9 Å². The molecular formula is C33H35FN8O2S. The van der Waals surface area contributed by atoms with Crippen molar-refractivity contribution in [2.45, 2.75) is 32.9 Å². The third kappa shape index (κ3) is 6.39. The summed E-state index contributed by atoms with van der Waals surface area (Å²) in [5.41, 5.74) is 5.97. The molecule has 12 heteroatoms. The molecule has 0 spiro atoms. The van der Waals surface area contributed by atoms with Gasteiger partial charge in [-0.2, -0.15) is 5.10 Å². The predicted molar refractivity (Wildman–Crippen MR) is 174 cm³/mol. The minimum absolute atomic E-state index is 0.0174. The molecule has 45 heavy (non-hydrogen) atoms. The highest BCUT2D eigenvalue weighted by atomic mass is 32.1. The monoisotopic (exact) mass is 626 g/mol. The number of rotatable bonds is 10. The molecule has 5 aromatic rings. The van der Waals surface area contributed by atoms with Crippen molar-refractivity contribution in [1.82, 2.24) is 35.3 Å². The van der Waals surface area contributed by atoms with Gasteiger partial charge in [-0.25, -0.2) is 14.4 Å². The van der Waals surface area contributed by atoms with Crippen LogP contribution in [0.1, 0.15) is 22.4 Å². The smallest absolute Gasteiger partial charge is 0.241 e. The molecule has 1 aliphatic carbocycles. The standard InChI is InChI=1S/C33H35FN8O2S/c1-21-15-24(5-8-28(21)44-19-22-3-2-4-23(34)16-22)40-32-30-25-6-7-27-26(31(25)45-33(30)38-20-37-32)17-39-42(27)18-29(43)36-11-14-41-12-9-35-10-13-41/h2-5,8,15-17,20,35H,6-7,9-14,18-19H2,1H3,(H,36,43)(H,37,38,40). The minimum Gasteiger partial charge on any atom is -0.489 e. The molecule has 1 aliphatic heterocycles. The van der Waals surface area contributed by atoms with E-state index in [1.165, 1.54) is 17.7 Å². The van der Waals surface area contributed by atoms with Gasteiger partial charge in [-0.3, -0.25) is 14.4 Å². The quantitative estimate of drug-likeness (QED) is 0.209. The van der Waals surface area contributed by atoms with E-state index in [-0.39, 0.29) is 18.3 Å². The van der Waals surface area contributed by atoms with E-state index in [1.54, 1.807) is 23.7 Å². The Labute approximate surface area is 264 Å². The zero-order valence-electron chi connectivity index (χ0n) is 25.1. The zero-order chi connectivity index (χ0) is 30.8. The van der Waals surface area contributed by atoms with Gasteiger partial charge >= 0.3 is 0 Å². The van der Waals surface area contributed by atoms with E-state index in [0.29, 0.717) is 13.2 Å². The van der Waals surface area contributed by atoms with Crippen LogP contribution < -0.4 is 20.7 Å². The van der Waals surface area contributed by atoms with Gasteiger partial charge in [-0.1, -0.05) is 12.1 Å². The van der Waals surface area contributed by atoms with Gasteiger partial charge in [0.25, 0.3) is 0 Å². The number of halogens is 1. The number of ether oxygens (including phenoxy) is 1. The number of benzene rings is 2. The Morgan fingerprint density at radius 3 is 2.87 bits per heavy atom. The Bertz CT molecular complexity index is 1850. The van der Waals surface area contributed by atoms with E-state index < -0.39 is 0 Å². The molecule has 0 radical (unpaired) electrons. The molecule has 0 atom stereocenters. The van der Waals surface area contributed by atoms with Crippen LogP contribution in [0.15, 0.2) is 55.0 Å². The maximum absolute atomic E-state index is 13.5. The summed E-state index contributed by atoms with van der Waals surface area (Å²) < 4.78 is 21.3. The Kier molecular flexibility index (Phi) is 8.42. The summed E-state index contributed by atoms with van der Waals surface area (Å²) in [4.78, 5) is 26.4. The second-order valence-corrected chi connectivity index (χ2v) is 12.4. The van der Waals surface area contributed by atoms with Crippen molar-refractivity contribution in [2.24, 2.45) is 0 Å². The number of fused-ring (bicyclic) bond motifs is 5. The van der Waals surface area contributed by atoms with Crippen LogP contribution in [0.25, 0.3) is 20.7 Å². The van der Waals surface area contributed by atoms with Crippen molar-refractivity contribution in [1.29, 1.82) is 0 Å². The van der Waals surface area contributed by atoms with Crippen molar-refractivity contribution in [3.63, 3.8) is 0 Å². The van der Waals surface area contributed by atoms with Gasteiger partial charge in [-0.15, -0.1) is 11.3 Å². The van der Waals surface area contributed by atoms with Crippen LogP contribution in [0, 0.1) is 12.7 Å². The van der Waals surface area contributed by atoms with Crippen molar-refractivity contribution in [2.75, 3.05) is 44.6 Å². The van der Waals surface area contributed by atoms with Crippen molar-refractivity contribution >= 4 is 39.0 Å². The van der Waals surface area contributed by atoms with Gasteiger partial charge in [0.15, 0.2) is 0 Å². The van der Waals surface area contributed by atoms with Crippen LogP contribution in [0.2, 0.25) is 0 Å². The second-order valence-electron chi connectivity index (χ2n) is 11.4. The number of amides is 1. The summed E-state index contributed by atoms with van der Waals surface area (Å²) in [5, 5.41) is 15.5. The Morgan fingerprint density at radius 1 is 1.13 bits per heavy atom. The summed E-state index contributed by atoms with van der Waals surface area (Å²) in [6.07, 6.45) is 5.06. The van der Waals surface area contributed by atoms with Crippen molar-refractivity contribution < 1.29 is 13.9 Å². The number of hydrogen-bond acceptors (Lipinski definition) is 9. The van der Waals surface area contributed by atoms with E-state index in [0.717, 1.165) is 100 Å². The summed E-state index contributed by atoms with van der Waals surface area (Å²) in [6, 6.07) is 12.3. The fraction of sp³-hybridized carbons (Fsp3) is 0.333. The fourth-order valence-corrected chi connectivity index (χ4v) is 7.30. The van der Waals surface area contributed by atoms with Crippen LogP contribution in [-0.2, 0) is 30.8 Å². The Morgan fingerprint density at radius 2 is 2.02 bits per heavy atom. The SMILES string of the molecule is Cc1cc(Nc2ncnc3sc4c(c23)CCc2c-4cnn2CC(=O)NCCN2CCNCC2)ccc1OCc1cccc(F)c1. The molecule has 2 aliphatic rings. The topological polar surface area (TPSA) is 109 Å². The summed E-state index contributed by atoms with van der Waals surface area (Å²) in [6.45, 7) is 8.02. The minimum atomic E-state index is -0.274. The predicted octanol–water partition coefficient (Wildman–Crippen LogP) is 4.44. The average Bonchev–Trinajstić information content (AvgIpc) is 3.63. The number of piperazine rings is 1. The normalized spacial score (nSPS) is 14.6. The zero-order valence-corrected chi connectivity index (χ0v) is 25.9. The molecule has 1 amide bonds. The van der Waals surface area contributed by atoms with Gasteiger partial charge < -0.3 is 20.7 Å². The lowest BCUT2D eigenvalue weighted by Crippen LogP contribution is -2.46. The maximum Gasteiger partial charge on any atom is 0.241 e. The molecule has 2 aromatic carbocycles. The molecule has 1 fully saturated rings. The first-order chi connectivity index (χ1) is 22.0. The van der Waals surface area contributed by atoms with E-state index >= 15 is 0 Å². The first-order valence-electron chi connectivity index (χ1n) is 15.3. The Balaban J connectivity index is 1.04.